The van der Waals surface area contributed by atoms with Crippen LogP contribution >= 0.6 is 34.8 Å². The van der Waals surface area contributed by atoms with Crippen molar-refractivity contribution in [3.8, 4) is 0 Å². The van der Waals surface area contributed by atoms with Crippen molar-refractivity contribution >= 4 is 46.6 Å². The molecule has 7 heteroatoms. The van der Waals surface area contributed by atoms with E-state index < -0.39 is 6.04 Å². The fourth-order valence-corrected chi connectivity index (χ4v) is 4.45. The molecule has 1 atom stereocenters. The van der Waals surface area contributed by atoms with Gasteiger partial charge in [-0.25, -0.2) is 0 Å². The van der Waals surface area contributed by atoms with E-state index >= 15 is 0 Å². The topological polar surface area (TPSA) is 49.4 Å². The van der Waals surface area contributed by atoms with Crippen LogP contribution in [0.4, 0.5) is 0 Å². The molecule has 4 nitrogen and oxygen atoms in total. The summed E-state index contributed by atoms with van der Waals surface area (Å²) in [5.74, 6) is -0.450. The summed E-state index contributed by atoms with van der Waals surface area (Å²) < 4.78 is 0. The zero-order chi connectivity index (χ0) is 24.5. The maximum atomic E-state index is 13.7. The van der Waals surface area contributed by atoms with Gasteiger partial charge in [-0.15, -0.1) is 0 Å². The zero-order valence-electron chi connectivity index (χ0n) is 18.9. The van der Waals surface area contributed by atoms with Gasteiger partial charge in [-0.3, -0.25) is 9.59 Å². The van der Waals surface area contributed by atoms with Crippen LogP contribution in [0.2, 0.25) is 15.1 Å². The van der Waals surface area contributed by atoms with Gasteiger partial charge >= 0.3 is 0 Å². The van der Waals surface area contributed by atoms with Crippen molar-refractivity contribution < 1.29 is 9.59 Å². The van der Waals surface area contributed by atoms with Crippen molar-refractivity contribution in [2.75, 3.05) is 6.54 Å². The first kappa shape index (κ1) is 26.1. The summed E-state index contributed by atoms with van der Waals surface area (Å²) in [5.41, 5.74) is 2.32. The largest absolute Gasteiger partial charge is 0.354 e. The Bertz CT molecular complexity index is 1100. The second-order valence-corrected chi connectivity index (χ2v) is 9.28. The van der Waals surface area contributed by atoms with E-state index in [2.05, 4.69) is 5.32 Å². The zero-order valence-corrected chi connectivity index (χ0v) is 21.2. The molecule has 0 aliphatic carbocycles. The van der Waals surface area contributed by atoms with Crippen LogP contribution in [0.1, 0.15) is 30.0 Å². The molecule has 0 unspecified atom stereocenters. The highest BCUT2D eigenvalue weighted by atomic mass is 35.5. The number of hydrogen-bond acceptors (Lipinski definition) is 2. The number of benzene rings is 3. The SMILES string of the molecule is CCCNC(=O)[C@H](Cc1ccccc1)N(Cc1cccc(Cl)c1)C(=O)Cc1c(Cl)cccc1Cl. The Morgan fingerprint density at radius 2 is 1.53 bits per heavy atom. The molecule has 0 aromatic heterocycles. The van der Waals surface area contributed by atoms with Crippen LogP contribution in [0.25, 0.3) is 0 Å². The number of amides is 2. The van der Waals surface area contributed by atoms with Gasteiger partial charge in [-0.05, 0) is 47.4 Å². The van der Waals surface area contributed by atoms with Crippen molar-refractivity contribution in [1.82, 2.24) is 10.2 Å². The minimum atomic E-state index is -0.721. The summed E-state index contributed by atoms with van der Waals surface area (Å²) >= 11 is 18.9. The van der Waals surface area contributed by atoms with E-state index in [0.717, 1.165) is 17.5 Å². The van der Waals surface area contributed by atoms with Gasteiger partial charge in [0.15, 0.2) is 0 Å². The molecule has 0 spiro atoms. The number of nitrogens with zero attached hydrogens (tertiary/aromatic N) is 1. The molecule has 0 aliphatic rings. The first-order valence-electron chi connectivity index (χ1n) is 11.2. The molecule has 1 N–H and O–H groups in total. The van der Waals surface area contributed by atoms with Gasteiger partial charge in [0.2, 0.25) is 11.8 Å². The standard InChI is InChI=1S/C27H27Cl3N2O2/c1-2-14-31-27(34)25(16-19-8-4-3-5-9-19)32(18-20-10-6-11-21(28)15-20)26(33)17-22-23(29)12-7-13-24(22)30/h3-13,15,25H,2,14,16-18H2,1H3,(H,31,34)/t25-/m0/s1. The fraction of sp³-hybridized carbons (Fsp3) is 0.259. The van der Waals surface area contributed by atoms with E-state index in [1.54, 1.807) is 35.2 Å². The Morgan fingerprint density at radius 1 is 0.882 bits per heavy atom. The van der Waals surface area contributed by atoms with E-state index in [1.807, 2.05) is 49.4 Å². The van der Waals surface area contributed by atoms with Crippen molar-refractivity contribution in [3.63, 3.8) is 0 Å². The average Bonchev–Trinajstić information content (AvgIpc) is 2.82. The molecular formula is C27H27Cl3N2O2. The van der Waals surface area contributed by atoms with Gasteiger partial charge in [0.25, 0.3) is 0 Å². The number of carbonyl (C=O) groups is 2. The van der Waals surface area contributed by atoms with Crippen LogP contribution in [0.5, 0.6) is 0 Å². The molecule has 0 radical (unpaired) electrons. The summed E-state index contributed by atoms with van der Waals surface area (Å²) in [6.07, 6.45) is 1.14. The Balaban J connectivity index is 1.99. The first-order chi connectivity index (χ1) is 16.4. The number of carbonyl (C=O) groups excluding carboxylic acids is 2. The predicted molar refractivity (Wildman–Crippen MR) is 139 cm³/mol. The highest BCUT2D eigenvalue weighted by molar-refractivity contribution is 6.36. The van der Waals surface area contributed by atoms with E-state index in [-0.39, 0.29) is 24.8 Å². The molecule has 3 aromatic rings. The predicted octanol–water partition coefficient (Wildman–Crippen LogP) is 6.36. The Kier molecular flexibility index (Phi) is 9.82. The van der Waals surface area contributed by atoms with Crippen LogP contribution in [-0.2, 0) is 29.0 Å². The summed E-state index contributed by atoms with van der Waals surface area (Å²) in [4.78, 5) is 28.6. The van der Waals surface area contributed by atoms with Crippen molar-refractivity contribution in [3.05, 3.63) is 105 Å². The molecule has 34 heavy (non-hydrogen) atoms. The maximum Gasteiger partial charge on any atom is 0.243 e. The van der Waals surface area contributed by atoms with Gasteiger partial charge in [0.1, 0.15) is 6.04 Å². The lowest BCUT2D eigenvalue weighted by molar-refractivity contribution is -0.140. The van der Waals surface area contributed by atoms with Crippen LogP contribution < -0.4 is 5.32 Å². The second kappa shape index (κ2) is 12.8. The summed E-state index contributed by atoms with van der Waals surface area (Å²) in [6.45, 7) is 2.74. The maximum absolute atomic E-state index is 13.7. The Labute approximate surface area is 215 Å². The molecule has 0 heterocycles. The van der Waals surface area contributed by atoms with E-state index in [4.69, 9.17) is 34.8 Å². The highest BCUT2D eigenvalue weighted by Crippen LogP contribution is 2.26. The lowest BCUT2D eigenvalue weighted by Gasteiger charge is -2.32. The normalized spacial score (nSPS) is 11.6. The average molecular weight is 518 g/mol. The van der Waals surface area contributed by atoms with E-state index in [0.29, 0.717) is 33.6 Å². The monoisotopic (exact) mass is 516 g/mol. The number of halogens is 3. The van der Waals surface area contributed by atoms with E-state index in [9.17, 15) is 9.59 Å². The molecule has 0 fully saturated rings. The summed E-state index contributed by atoms with van der Waals surface area (Å²) in [7, 11) is 0. The summed E-state index contributed by atoms with van der Waals surface area (Å²) in [6, 6.07) is 21.4. The third kappa shape index (κ3) is 7.23. The third-order valence-electron chi connectivity index (χ3n) is 5.45. The van der Waals surface area contributed by atoms with Gasteiger partial charge in [-0.2, -0.15) is 0 Å². The lowest BCUT2D eigenvalue weighted by atomic mass is 10.0. The van der Waals surface area contributed by atoms with Gasteiger partial charge in [-0.1, -0.05) is 90.3 Å². The smallest absolute Gasteiger partial charge is 0.243 e. The number of rotatable bonds is 10. The van der Waals surface area contributed by atoms with Crippen molar-refractivity contribution in [2.45, 2.75) is 38.8 Å². The molecule has 3 aromatic carbocycles. The van der Waals surface area contributed by atoms with Gasteiger partial charge < -0.3 is 10.2 Å². The lowest BCUT2D eigenvalue weighted by Crippen LogP contribution is -2.51. The number of nitrogens with one attached hydrogen (secondary N) is 1. The minimum absolute atomic E-state index is 0.0224. The third-order valence-corrected chi connectivity index (χ3v) is 6.40. The van der Waals surface area contributed by atoms with Crippen LogP contribution in [-0.4, -0.2) is 29.3 Å². The second-order valence-electron chi connectivity index (χ2n) is 8.03. The molecular weight excluding hydrogens is 491 g/mol. The Morgan fingerprint density at radius 3 is 2.18 bits per heavy atom. The molecule has 0 aliphatic heterocycles. The molecule has 0 saturated carbocycles. The molecule has 0 saturated heterocycles. The van der Waals surface area contributed by atoms with Crippen molar-refractivity contribution in [1.29, 1.82) is 0 Å². The van der Waals surface area contributed by atoms with Crippen molar-refractivity contribution in [2.24, 2.45) is 0 Å². The van der Waals surface area contributed by atoms with Crippen LogP contribution in [0.15, 0.2) is 72.8 Å². The number of hydrogen-bond donors (Lipinski definition) is 1. The fourth-order valence-electron chi connectivity index (χ4n) is 3.71. The van der Waals surface area contributed by atoms with E-state index in [1.165, 1.54) is 0 Å². The Hall–Kier alpha value is -2.53. The minimum Gasteiger partial charge on any atom is -0.354 e. The molecule has 178 valence electrons. The quantitative estimate of drug-likeness (QED) is 0.340. The summed E-state index contributed by atoms with van der Waals surface area (Å²) in [5, 5.41) is 4.36. The van der Waals surface area contributed by atoms with Crippen LogP contribution in [0.3, 0.4) is 0 Å². The molecule has 2 amide bonds. The van der Waals surface area contributed by atoms with Gasteiger partial charge in [0.05, 0.1) is 6.42 Å². The molecule has 0 bridgehead atoms. The van der Waals surface area contributed by atoms with Gasteiger partial charge in [0, 0.05) is 34.6 Å². The first-order valence-corrected chi connectivity index (χ1v) is 12.3. The molecule has 3 rings (SSSR count). The highest BCUT2D eigenvalue weighted by Gasteiger charge is 2.31. The van der Waals surface area contributed by atoms with Crippen LogP contribution in [0, 0.1) is 0 Å².